The maximum Gasteiger partial charge on any atom is 0.153 e. The average molecular weight is 273 g/mol. The normalized spacial score (nSPS) is 28.7. The number of hydrogen-bond acceptors (Lipinski definition) is 5. The lowest BCUT2D eigenvalue weighted by Crippen LogP contribution is -2.44. The Kier molecular flexibility index (Phi) is 3.46. The Bertz CT molecular complexity index is 525. The fraction of sp³-hybridized carbons (Fsp3) is 0.818. The summed E-state index contributed by atoms with van der Waals surface area (Å²) < 4.78 is 25.1. The van der Waals surface area contributed by atoms with Gasteiger partial charge in [0.15, 0.2) is 9.84 Å². The van der Waals surface area contributed by atoms with Gasteiger partial charge < -0.3 is 5.11 Å². The molecule has 6 nitrogen and oxygen atoms in total. The van der Waals surface area contributed by atoms with Gasteiger partial charge in [0.1, 0.15) is 12.2 Å². The van der Waals surface area contributed by atoms with Crippen LogP contribution in [0, 0.1) is 0 Å². The van der Waals surface area contributed by atoms with Gasteiger partial charge in [-0.1, -0.05) is 0 Å². The highest BCUT2D eigenvalue weighted by Gasteiger charge is 2.47. The molecule has 1 aliphatic rings. The first-order valence-corrected chi connectivity index (χ1v) is 8.10. The van der Waals surface area contributed by atoms with E-state index in [0.29, 0.717) is 25.2 Å². The molecule has 0 saturated heterocycles. The highest BCUT2D eigenvalue weighted by molar-refractivity contribution is 7.91. The maximum absolute atomic E-state index is 11.7. The second-order valence-electron chi connectivity index (χ2n) is 4.98. The summed E-state index contributed by atoms with van der Waals surface area (Å²) >= 11 is 0. The molecular formula is C11H19N3O3S. The lowest BCUT2D eigenvalue weighted by atomic mass is 9.97. The number of aryl methyl sites for hydroxylation is 1. The van der Waals surface area contributed by atoms with Crippen LogP contribution in [0.1, 0.15) is 32.0 Å². The van der Waals surface area contributed by atoms with Gasteiger partial charge >= 0.3 is 0 Å². The highest BCUT2D eigenvalue weighted by Crippen LogP contribution is 2.36. The fourth-order valence-electron chi connectivity index (χ4n) is 2.80. The molecule has 1 aromatic rings. The molecule has 0 aromatic carbocycles. The summed E-state index contributed by atoms with van der Waals surface area (Å²) in [4.78, 5) is 4.11. The van der Waals surface area contributed by atoms with Crippen LogP contribution in [0.3, 0.4) is 0 Å². The Morgan fingerprint density at radius 3 is 2.94 bits per heavy atom. The van der Waals surface area contributed by atoms with E-state index in [1.165, 1.54) is 12.6 Å². The minimum Gasteiger partial charge on any atom is -0.388 e. The van der Waals surface area contributed by atoms with Crippen molar-refractivity contribution in [2.75, 3.05) is 6.26 Å². The SMILES string of the molecule is CCn1ncnc1CC1(O)CCCC1S(C)(=O)=O. The molecule has 0 bridgehead atoms. The van der Waals surface area contributed by atoms with E-state index in [1.54, 1.807) is 4.68 Å². The molecule has 1 heterocycles. The summed E-state index contributed by atoms with van der Waals surface area (Å²) in [7, 11) is -3.24. The molecule has 2 rings (SSSR count). The molecule has 1 saturated carbocycles. The number of hydrogen-bond donors (Lipinski definition) is 1. The van der Waals surface area contributed by atoms with Gasteiger partial charge in [-0.15, -0.1) is 0 Å². The standard InChI is InChI=1S/C11H19N3O3S/c1-3-14-10(12-8-13-14)7-11(15)6-4-5-9(11)18(2,16)17/h8-9,15H,3-7H2,1-2H3. The van der Waals surface area contributed by atoms with Gasteiger partial charge in [-0.2, -0.15) is 5.10 Å². The van der Waals surface area contributed by atoms with Crippen LogP contribution < -0.4 is 0 Å². The van der Waals surface area contributed by atoms with Crippen molar-refractivity contribution in [1.82, 2.24) is 14.8 Å². The monoisotopic (exact) mass is 273 g/mol. The summed E-state index contributed by atoms with van der Waals surface area (Å²) in [6.07, 6.45) is 4.63. The Morgan fingerprint density at radius 1 is 1.61 bits per heavy atom. The zero-order chi connectivity index (χ0) is 13.4. The van der Waals surface area contributed by atoms with Crippen molar-refractivity contribution < 1.29 is 13.5 Å². The second kappa shape index (κ2) is 4.62. The van der Waals surface area contributed by atoms with Crippen molar-refractivity contribution in [3.63, 3.8) is 0 Å². The molecule has 1 fully saturated rings. The molecule has 0 radical (unpaired) electrons. The lowest BCUT2D eigenvalue weighted by molar-refractivity contribution is 0.0481. The molecule has 7 heteroatoms. The van der Waals surface area contributed by atoms with E-state index in [1.807, 2.05) is 6.92 Å². The van der Waals surface area contributed by atoms with Gasteiger partial charge in [-0.05, 0) is 26.2 Å². The summed E-state index contributed by atoms with van der Waals surface area (Å²) in [6.45, 7) is 2.60. The van der Waals surface area contributed by atoms with Crippen LogP contribution in [0.25, 0.3) is 0 Å². The molecule has 0 amide bonds. The predicted molar refractivity (Wildman–Crippen MR) is 66.8 cm³/mol. The summed E-state index contributed by atoms with van der Waals surface area (Å²) in [5, 5.41) is 14.0. The van der Waals surface area contributed by atoms with Gasteiger partial charge in [-0.3, -0.25) is 4.68 Å². The Labute approximate surface area is 107 Å². The summed E-state index contributed by atoms with van der Waals surface area (Å²) in [6, 6.07) is 0. The lowest BCUT2D eigenvalue weighted by Gasteiger charge is -2.28. The molecule has 2 unspecified atom stereocenters. The maximum atomic E-state index is 11.7. The zero-order valence-electron chi connectivity index (χ0n) is 10.7. The van der Waals surface area contributed by atoms with Crippen molar-refractivity contribution in [1.29, 1.82) is 0 Å². The molecule has 0 aliphatic heterocycles. The van der Waals surface area contributed by atoms with Crippen molar-refractivity contribution >= 4 is 9.84 Å². The molecule has 1 aliphatic carbocycles. The number of rotatable bonds is 4. The molecular weight excluding hydrogens is 254 g/mol. The first kappa shape index (κ1) is 13.5. The molecule has 1 aromatic heterocycles. The third-order valence-electron chi connectivity index (χ3n) is 3.65. The van der Waals surface area contributed by atoms with Crippen molar-refractivity contribution in [3.05, 3.63) is 12.2 Å². The molecule has 0 spiro atoms. The van der Waals surface area contributed by atoms with Crippen molar-refractivity contribution in [2.24, 2.45) is 0 Å². The van der Waals surface area contributed by atoms with E-state index >= 15 is 0 Å². The Morgan fingerprint density at radius 2 is 2.33 bits per heavy atom. The number of aromatic nitrogens is 3. The summed E-state index contributed by atoms with van der Waals surface area (Å²) in [5.74, 6) is 0.649. The Hall–Kier alpha value is -0.950. The first-order chi connectivity index (χ1) is 8.37. The van der Waals surface area contributed by atoms with Gasteiger partial charge in [0.25, 0.3) is 0 Å². The van der Waals surface area contributed by atoms with E-state index in [0.717, 1.165) is 6.42 Å². The van der Waals surface area contributed by atoms with Crippen LogP contribution >= 0.6 is 0 Å². The minimum absolute atomic E-state index is 0.249. The van der Waals surface area contributed by atoms with E-state index in [9.17, 15) is 13.5 Å². The van der Waals surface area contributed by atoms with Gasteiger partial charge in [0.05, 0.1) is 10.9 Å². The predicted octanol–water partition coefficient (Wildman–Crippen LogP) is 0.169. The van der Waals surface area contributed by atoms with Crippen molar-refractivity contribution in [2.45, 2.75) is 50.0 Å². The van der Waals surface area contributed by atoms with E-state index in [-0.39, 0.29) is 6.42 Å². The minimum atomic E-state index is -3.24. The van der Waals surface area contributed by atoms with Crippen LogP contribution in [0.5, 0.6) is 0 Å². The third kappa shape index (κ3) is 2.42. The zero-order valence-corrected chi connectivity index (χ0v) is 11.5. The number of sulfone groups is 1. The van der Waals surface area contributed by atoms with Crippen LogP contribution in [-0.2, 0) is 22.8 Å². The molecule has 1 N–H and O–H groups in total. The quantitative estimate of drug-likeness (QED) is 0.845. The fourth-order valence-corrected chi connectivity index (χ4v) is 4.39. The number of nitrogens with zero attached hydrogens (tertiary/aromatic N) is 3. The summed E-state index contributed by atoms with van der Waals surface area (Å²) in [5.41, 5.74) is -1.20. The van der Waals surface area contributed by atoms with Crippen molar-refractivity contribution in [3.8, 4) is 0 Å². The molecule has 18 heavy (non-hydrogen) atoms. The van der Waals surface area contributed by atoms with Gasteiger partial charge in [0.2, 0.25) is 0 Å². The largest absolute Gasteiger partial charge is 0.388 e. The first-order valence-electron chi connectivity index (χ1n) is 6.15. The average Bonchev–Trinajstić information content (AvgIpc) is 2.84. The van der Waals surface area contributed by atoms with E-state index < -0.39 is 20.7 Å². The van der Waals surface area contributed by atoms with Gasteiger partial charge in [0, 0.05) is 19.2 Å². The smallest absolute Gasteiger partial charge is 0.153 e. The van der Waals surface area contributed by atoms with E-state index in [2.05, 4.69) is 10.1 Å². The second-order valence-corrected chi connectivity index (χ2v) is 7.21. The number of aliphatic hydroxyl groups is 1. The topological polar surface area (TPSA) is 85.1 Å². The molecule has 102 valence electrons. The van der Waals surface area contributed by atoms with Crippen LogP contribution in [0.15, 0.2) is 6.33 Å². The highest BCUT2D eigenvalue weighted by atomic mass is 32.2. The molecule has 2 atom stereocenters. The van der Waals surface area contributed by atoms with Crippen LogP contribution in [0.2, 0.25) is 0 Å². The third-order valence-corrected chi connectivity index (χ3v) is 5.36. The van der Waals surface area contributed by atoms with Crippen LogP contribution in [0.4, 0.5) is 0 Å². The van der Waals surface area contributed by atoms with Gasteiger partial charge in [-0.25, -0.2) is 13.4 Å². The van der Waals surface area contributed by atoms with E-state index in [4.69, 9.17) is 0 Å². The Balaban J connectivity index is 2.26. The van der Waals surface area contributed by atoms with Crippen LogP contribution in [-0.4, -0.2) is 45.4 Å².